The number of carbonyl (C=O) groups excluding carboxylic acids is 1. The molecule has 1 atom stereocenters. The monoisotopic (exact) mass is 425 g/mol. The number of hydrogen-bond acceptors (Lipinski definition) is 4. The highest BCUT2D eigenvalue weighted by Crippen LogP contribution is 2.49. The third kappa shape index (κ3) is 2.59. The molecule has 2 aliphatic heterocycles. The van der Waals surface area contributed by atoms with E-state index in [-0.39, 0.29) is 34.0 Å². The van der Waals surface area contributed by atoms with Crippen LogP contribution in [0.3, 0.4) is 0 Å². The molecule has 5 rings (SSSR count). The van der Waals surface area contributed by atoms with Crippen molar-refractivity contribution in [3.8, 4) is 0 Å². The first-order valence-electron chi connectivity index (χ1n) is 11.1. The molecular weight excluding hydrogens is 396 g/mol. The Balaban J connectivity index is 1.52. The van der Waals surface area contributed by atoms with Crippen molar-refractivity contribution < 1.29 is 9.90 Å². The van der Waals surface area contributed by atoms with Gasteiger partial charge in [-0.2, -0.15) is 0 Å². The number of allylic oxidation sites excluding steroid dienone is 4. The minimum absolute atomic E-state index is 0.0492. The second-order valence-electron chi connectivity index (χ2n) is 10.2. The summed E-state index contributed by atoms with van der Waals surface area (Å²) in [6.07, 6.45) is 3.69. The van der Waals surface area contributed by atoms with Gasteiger partial charge in [-0.05, 0) is 29.3 Å². The van der Waals surface area contributed by atoms with E-state index in [9.17, 15) is 9.90 Å². The first-order valence-corrected chi connectivity index (χ1v) is 11.1. The van der Waals surface area contributed by atoms with Gasteiger partial charge in [0.1, 0.15) is 0 Å². The molecule has 3 aliphatic rings. The Morgan fingerprint density at radius 2 is 1.50 bits per heavy atom. The van der Waals surface area contributed by atoms with Gasteiger partial charge in [-0.25, -0.2) is 0 Å². The van der Waals surface area contributed by atoms with Gasteiger partial charge in [0.2, 0.25) is 0 Å². The molecular formula is C28H29N2O2-. The summed E-state index contributed by atoms with van der Waals surface area (Å²) in [5.74, 6) is -0.300. The van der Waals surface area contributed by atoms with Crippen molar-refractivity contribution in [1.82, 2.24) is 0 Å². The minimum atomic E-state index is -0.270. The van der Waals surface area contributed by atoms with Crippen LogP contribution in [0.4, 0.5) is 11.4 Å². The number of fused-ring (bicyclic) bond motifs is 2. The molecule has 2 heterocycles. The van der Waals surface area contributed by atoms with E-state index in [1.54, 1.807) is 6.08 Å². The van der Waals surface area contributed by atoms with Gasteiger partial charge in [0.15, 0.2) is 5.78 Å². The Kier molecular flexibility index (Phi) is 4.26. The van der Waals surface area contributed by atoms with Crippen molar-refractivity contribution in [3.63, 3.8) is 0 Å². The highest BCUT2D eigenvalue weighted by molar-refractivity contribution is 6.21. The van der Waals surface area contributed by atoms with Crippen LogP contribution in [0.25, 0.3) is 0 Å². The maximum absolute atomic E-state index is 13.1. The average molecular weight is 426 g/mol. The van der Waals surface area contributed by atoms with Gasteiger partial charge >= 0.3 is 0 Å². The van der Waals surface area contributed by atoms with Crippen LogP contribution in [-0.4, -0.2) is 25.9 Å². The zero-order chi connectivity index (χ0) is 23.0. The van der Waals surface area contributed by atoms with Crippen molar-refractivity contribution in [2.24, 2.45) is 0 Å². The fourth-order valence-electron chi connectivity index (χ4n) is 5.71. The highest BCUT2D eigenvalue weighted by atomic mass is 16.3. The van der Waals surface area contributed by atoms with E-state index in [4.69, 9.17) is 0 Å². The first-order chi connectivity index (χ1) is 15.1. The van der Waals surface area contributed by atoms with Crippen LogP contribution < -0.4 is 14.9 Å². The fourth-order valence-corrected chi connectivity index (χ4v) is 5.71. The average Bonchev–Trinajstić information content (AvgIpc) is 3.09. The van der Waals surface area contributed by atoms with Crippen molar-refractivity contribution >= 4 is 17.2 Å². The summed E-state index contributed by atoms with van der Waals surface area (Å²) in [6.45, 7) is 8.62. The number of benzene rings is 2. The summed E-state index contributed by atoms with van der Waals surface area (Å²) in [6, 6.07) is 16.5. The van der Waals surface area contributed by atoms with E-state index in [1.807, 2.05) is 44.4 Å². The Labute approximate surface area is 190 Å². The van der Waals surface area contributed by atoms with Crippen molar-refractivity contribution in [2.45, 2.75) is 44.6 Å². The number of rotatable bonds is 2. The van der Waals surface area contributed by atoms with Crippen LogP contribution in [0, 0.1) is 0 Å². The van der Waals surface area contributed by atoms with Crippen LogP contribution in [0.2, 0.25) is 0 Å². The molecule has 164 valence electrons. The smallest absolute Gasteiger partial charge is 0.191 e. The summed E-state index contributed by atoms with van der Waals surface area (Å²) in [5.41, 5.74) is 5.82. The van der Waals surface area contributed by atoms with Crippen molar-refractivity contribution in [3.05, 3.63) is 94.4 Å². The molecule has 0 radical (unpaired) electrons. The van der Waals surface area contributed by atoms with E-state index in [1.165, 1.54) is 11.1 Å². The van der Waals surface area contributed by atoms with Crippen LogP contribution in [-0.2, 0) is 15.6 Å². The molecule has 0 fully saturated rings. The SMILES string of the molecule is CN1C(=CC2=C([O-])C(=CC3N(C)c4ccccc4C3(C)C)C2=O)C(C)(C)c2ccccc21. The molecule has 0 N–H and O–H groups in total. The van der Waals surface area contributed by atoms with E-state index in [0.29, 0.717) is 5.57 Å². The normalized spacial score (nSPS) is 25.4. The van der Waals surface area contributed by atoms with E-state index >= 15 is 0 Å². The number of hydrogen-bond donors (Lipinski definition) is 0. The standard InChI is InChI=1S/C28H30N2O2/c1-27(2)19-11-7-9-13-21(19)29(5)23(27)15-17-25(31)18(26(17)32)16-24-28(3,4)20-12-8-10-14-22(20)30(24)6/h7-16,23,31H,1-6H3/p-1. The zero-order valence-corrected chi connectivity index (χ0v) is 19.6. The molecule has 0 bridgehead atoms. The molecule has 0 saturated carbocycles. The highest BCUT2D eigenvalue weighted by Gasteiger charge is 2.43. The van der Waals surface area contributed by atoms with Crippen LogP contribution >= 0.6 is 0 Å². The topological polar surface area (TPSA) is 46.6 Å². The molecule has 2 aromatic rings. The quantitative estimate of drug-likeness (QED) is 0.676. The molecule has 0 aromatic heterocycles. The lowest BCUT2D eigenvalue weighted by molar-refractivity contribution is -0.300. The Hall–Kier alpha value is -3.27. The van der Waals surface area contributed by atoms with Crippen LogP contribution in [0.15, 0.2) is 83.3 Å². The maximum atomic E-state index is 13.1. The Bertz CT molecular complexity index is 1250. The summed E-state index contributed by atoms with van der Waals surface area (Å²) < 4.78 is 0. The number of para-hydroxylation sites is 2. The van der Waals surface area contributed by atoms with E-state index in [0.717, 1.165) is 17.1 Å². The predicted octanol–water partition coefficient (Wildman–Crippen LogP) is 4.22. The van der Waals surface area contributed by atoms with Gasteiger partial charge in [0, 0.05) is 53.1 Å². The largest absolute Gasteiger partial charge is 0.871 e. The molecule has 0 spiro atoms. The summed E-state index contributed by atoms with van der Waals surface area (Å²) in [5, 5.41) is 13.1. The van der Waals surface area contributed by atoms with Gasteiger partial charge in [-0.15, -0.1) is 0 Å². The van der Waals surface area contributed by atoms with Crippen molar-refractivity contribution in [2.75, 3.05) is 23.9 Å². The summed E-state index contributed by atoms with van der Waals surface area (Å²) in [7, 11) is 4.03. The zero-order valence-electron chi connectivity index (χ0n) is 19.6. The number of nitrogens with zero attached hydrogens (tertiary/aromatic N) is 2. The van der Waals surface area contributed by atoms with Crippen molar-refractivity contribution in [1.29, 1.82) is 0 Å². The van der Waals surface area contributed by atoms with Crippen LogP contribution in [0.1, 0.15) is 38.8 Å². The second-order valence-corrected chi connectivity index (χ2v) is 10.2. The third-order valence-corrected chi connectivity index (χ3v) is 7.66. The third-order valence-electron chi connectivity index (χ3n) is 7.66. The van der Waals surface area contributed by atoms with Gasteiger partial charge in [0.25, 0.3) is 0 Å². The van der Waals surface area contributed by atoms with Gasteiger partial charge in [-0.3, -0.25) is 4.79 Å². The molecule has 1 unspecified atom stereocenters. The fraction of sp³-hybridized carbons (Fsp3) is 0.321. The lowest BCUT2D eigenvalue weighted by atomic mass is 9.76. The lowest BCUT2D eigenvalue weighted by Crippen LogP contribution is -2.40. The molecule has 2 aromatic carbocycles. The maximum Gasteiger partial charge on any atom is 0.191 e. The number of carbonyl (C=O) groups is 1. The molecule has 4 nitrogen and oxygen atoms in total. The van der Waals surface area contributed by atoms with E-state index < -0.39 is 0 Å². The van der Waals surface area contributed by atoms with Gasteiger partial charge in [0.05, 0.1) is 6.04 Å². The molecule has 1 aliphatic carbocycles. The minimum Gasteiger partial charge on any atom is -0.871 e. The molecule has 0 amide bonds. The van der Waals surface area contributed by atoms with Gasteiger partial charge in [-0.1, -0.05) is 75.9 Å². The molecule has 32 heavy (non-hydrogen) atoms. The van der Waals surface area contributed by atoms with E-state index in [2.05, 4.69) is 61.8 Å². The second kappa shape index (κ2) is 6.61. The molecule has 0 saturated heterocycles. The number of Topliss-reactive ketones (excluding diaryl/α,β-unsaturated/α-hetero) is 1. The predicted molar refractivity (Wildman–Crippen MR) is 128 cm³/mol. The first kappa shape index (κ1) is 20.6. The lowest BCUT2D eigenvalue weighted by Gasteiger charge is -2.35. The number of likely N-dealkylation sites (N-methyl/N-ethyl adjacent to an activating group) is 2. The van der Waals surface area contributed by atoms with Crippen LogP contribution in [0.5, 0.6) is 0 Å². The summed E-state index contributed by atoms with van der Waals surface area (Å²) >= 11 is 0. The Morgan fingerprint density at radius 3 is 2.09 bits per heavy atom. The number of ketones is 1. The Morgan fingerprint density at radius 1 is 0.906 bits per heavy atom. The molecule has 4 heteroatoms. The van der Waals surface area contributed by atoms with Gasteiger partial charge < -0.3 is 14.9 Å². The number of anilines is 2. The summed E-state index contributed by atoms with van der Waals surface area (Å²) in [4.78, 5) is 17.4.